The van der Waals surface area contributed by atoms with Crippen molar-refractivity contribution in [3.8, 4) is 6.07 Å². The van der Waals surface area contributed by atoms with Crippen molar-refractivity contribution in [3.63, 3.8) is 0 Å². The van der Waals surface area contributed by atoms with Crippen molar-refractivity contribution in [2.24, 2.45) is 0 Å². The lowest BCUT2D eigenvalue weighted by Crippen LogP contribution is -2.17. The number of nitrogens with one attached hydrogen (secondary N) is 1. The van der Waals surface area contributed by atoms with Gasteiger partial charge in [-0.15, -0.1) is 0 Å². The van der Waals surface area contributed by atoms with E-state index in [-0.39, 0.29) is 5.56 Å². The average Bonchev–Trinajstić information content (AvgIpc) is 2.36. The fourth-order valence-electron chi connectivity index (χ4n) is 1.42. The third kappa shape index (κ3) is 4.76. The molecule has 1 N–H and O–H groups in total. The van der Waals surface area contributed by atoms with Gasteiger partial charge in [-0.3, -0.25) is 0 Å². The van der Waals surface area contributed by atoms with Crippen LogP contribution in [-0.4, -0.2) is 18.1 Å². The molecule has 1 aromatic carbocycles. The summed E-state index contributed by atoms with van der Waals surface area (Å²) < 4.78 is 13.1. The molecule has 4 heteroatoms. The molecule has 0 aliphatic heterocycles. The quantitative estimate of drug-likeness (QED) is 0.791. The summed E-state index contributed by atoms with van der Waals surface area (Å²) in [5.74, 6) is -0.452. The van der Waals surface area contributed by atoms with Gasteiger partial charge in [-0.1, -0.05) is 13.0 Å². The van der Waals surface area contributed by atoms with E-state index in [0.29, 0.717) is 11.8 Å². The standard InChI is InChI=1S/C13H17FN2S/c1-10(17-2)5-6-16-9-11-3-4-13(14)12(7-11)8-15/h3-4,7,10,16H,5-6,9H2,1-2H3. The van der Waals surface area contributed by atoms with Crippen molar-refractivity contribution < 1.29 is 4.39 Å². The summed E-state index contributed by atoms with van der Waals surface area (Å²) in [6, 6.07) is 6.50. The largest absolute Gasteiger partial charge is 0.313 e. The monoisotopic (exact) mass is 252 g/mol. The first-order chi connectivity index (χ1) is 8.17. The van der Waals surface area contributed by atoms with Crippen molar-refractivity contribution in [2.75, 3.05) is 12.8 Å². The maximum atomic E-state index is 13.1. The molecule has 1 aromatic rings. The van der Waals surface area contributed by atoms with E-state index in [4.69, 9.17) is 5.26 Å². The fraction of sp³-hybridized carbons (Fsp3) is 0.462. The van der Waals surface area contributed by atoms with Gasteiger partial charge >= 0.3 is 0 Å². The Bertz CT molecular complexity index is 401. The van der Waals surface area contributed by atoms with Crippen LogP contribution in [0.15, 0.2) is 18.2 Å². The highest BCUT2D eigenvalue weighted by atomic mass is 32.2. The van der Waals surface area contributed by atoms with Crippen LogP contribution in [0.3, 0.4) is 0 Å². The maximum absolute atomic E-state index is 13.1. The number of hydrogen-bond donors (Lipinski definition) is 1. The molecular weight excluding hydrogens is 235 g/mol. The normalized spacial score (nSPS) is 12.1. The summed E-state index contributed by atoms with van der Waals surface area (Å²) in [6.45, 7) is 3.80. The van der Waals surface area contributed by atoms with Crippen LogP contribution in [0, 0.1) is 17.1 Å². The molecular formula is C13H17FN2S. The number of nitriles is 1. The minimum atomic E-state index is -0.452. The molecule has 0 amide bonds. The van der Waals surface area contributed by atoms with Crippen LogP contribution in [0.4, 0.5) is 4.39 Å². The lowest BCUT2D eigenvalue weighted by Gasteiger charge is -2.09. The number of hydrogen-bond acceptors (Lipinski definition) is 3. The molecule has 0 aliphatic rings. The second kappa shape index (κ2) is 7.31. The second-order valence-corrected chi connectivity index (χ2v) is 5.21. The number of thioether (sulfide) groups is 1. The molecule has 0 aromatic heterocycles. The third-order valence-corrected chi connectivity index (χ3v) is 3.65. The molecule has 0 radical (unpaired) electrons. The Morgan fingerprint density at radius 3 is 2.94 bits per heavy atom. The van der Waals surface area contributed by atoms with Gasteiger partial charge in [-0.05, 0) is 36.9 Å². The highest BCUT2D eigenvalue weighted by Gasteiger charge is 2.03. The SMILES string of the molecule is CSC(C)CCNCc1ccc(F)c(C#N)c1. The number of halogens is 1. The van der Waals surface area contributed by atoms with Gasteiger partial charge in [-0.2, -0.15) is 17.0 Å². The first-order valence-electron chi connectivity index (χ1n) is 5.59. The molecule has 92 valence electrons. The third-order valence-electron chi connectivity index (χ3n) is 2.61. The Kier molecular flexibility index (Phi) is 6.03. The van der Waals surface area contributed by atoms with Crippen LogP contribution in [0.1, 0.15) is 24.5 Å². The minimum absolute atomic E-state index is 0.113. The van der Waals surface area contributed by atoms with Crippen molar-refractivity contribution in [1.29, 1.82) is 5.26 Å². The van der Waals surface area contributed by atoms with E-state index in [9.17, 15) is 4.39 Å². The summed E-state index contributed by atoms with van der Waals surface area (Å²) in [4.78, 5) is 0. The van der Waals surface area contributed by atoms with E-state index < -0.39 is 5.82 Å². The van der Waals surface area contributed by atoms with E-state index in [1.165, 1.54) is 6.07 Å². The van der Waals surface area contributed by atoms with Crippen LogP contribution in [0.25, 0.3) is 0 Å². The van der Waals surface area contributed by atoms with Gasteiger partial charge in [0.15, 0.2) is 0 Å². The molecule has 0 aliphatic carbocycles. The number of benzene rings is 1. The van der Waals surface area contributed by atoms with E-state index in [2.05, 4.69) is 18.5 Å². The van der Waals surface area contributed by atoms with Gasteiger partial charge in [0.25, 0.3) is 0 Å². The molecule has 0 saturated heterocycles. The number of rotatable bonds is 6. The molecule has 2 nitrogen and oxygen atoms in total. The Balaban J connectivity index is 2.40. The van der Waals surface area contributed by atoms with E-state index in [0.717, 1.165) is 18.5 Å². The lowest BCUT2D eigenvalue weighted by molar-refractivity contribution is 0.618. The Hall–Kier alpha value is -1.05. The Labute approximate surface area is 106 Å². The fourth-order valence-corrected chi connectivity index (χ4v) is 1.78. The van der Waals surface area contributed by atoms with Gasteiger partial charge in [0, 0.05) is 11.8 Å². The highest BCUT2D eigenvalue weighted by Crippen LogP contribution is 2.10. The summed E-state index contributed by atoms with van der Waals surface area (Å²) >= 11 is 1.85. The molecule has 0 spiro atoms. The van der Waals surface area contributed by atoms with Crippen LogP contribution >= 0.6 is 11.8 Å². The molecule has 1 rings (SSSR count). The van der Waals surface area contributed by atoms with Crippen LogP contribution in [-0.2, 0) is 6.54 Å². The van der Waals surface area contributed by atoms with Gasteiger partial charge in [0.2, 0.25) is 0 Å². The topological polar surface area (TPSA) is 35.8 Å². The minimum Gasteiger partial charge on any atom is -0.313 e. The zero-order valence-electron chi connectivity index (χ0n) is 10.2. The zero-order valence-corrected chi connectivity index (χ0v) is 11.0. The molecule has 0 saturated carbocycles. The van der Waals surface area contributed by atoms with Gasteiger partial charge in [0.1, 0.15) is 11.9 Å². The van der Waals surface area contributed by atoms with Gasteiger partial charge < -0.3 is 5.32 Å². The first-order valence-corrected chi connectivity index (χ1v) is 6.88. The number of nitrogens with zero attached hydrogens (tertiary/aromatic N) is 1. The predicted molar refractivity (Wildman–Crippen MR) is 70.4 cm³/mol. The molecule has 17 heavy (non-hydrogen) atoms. The molecule has 0 fully saturated rings. The van der Waals surface area contributed by atoms with Gasteiger partial charge in [-0.25, -0.2) is 4.39 Å². The molecule has 0 heterocycles. The van der Waals surface area contributed by atoms with Crippen molar-refractivity contribution in [2.45, 2.75) is 25.1 Å². The summed E-state index contributed by atoms with van der Waals surface area (Å²) in [5, 5.41) is 12.6. The summed E-state index contributed by atoms with van der Waals surface area (Å²) in [5.41, 5.74) is 1.06. The summed E-state index contributed by atoms with van der Waals surface area (Å²) in [7, 11) is 0. The first kappa shape index (κ1) is 14.0. The van der Waals surface area contributed by atoms with Crippen molar-refractivity contribution in [1.82, 2.24) is 5.32 Å². The van der Waals surface area contributed by atoms with Crippen LogP contribution in [0.2, 0.25) is 0 Å². The predicted octanol–water partition coefficient (Wildman–Crippen LogP) is 2.93. The van der Waals surface area contributed by atoms with E-state index >= 15 is 0 Å². The van der Waals surface area contributed by atoms with Crippen molar-refractivity contribution >= 4 is 11.8 Å². The molecule has 1 unspecified atom stereocenters. The second-order valence-electron chi connectivity index (χ2n) is 3.94. The maximum Gasteiger partial charge on any atom is 0.140 e. The van der Waals surface area contributed by atoms with Crippen LogP contribution in [0.5, 0.6) is 0 Å². The van der Waals surface area contributed by atoms with E-state index in [1.807, 2.05) is 17.8 Å². The zero-order chi connectivity index (χ0) is 12.7. The smallest absolute Gasteiger partial charge is 0.140 e. The van der Waals surface area contributed by atoms with E-state index in [1.54, 1.807) is 12.1 Å². The molecule has 0 bridgehead atoms. The van der Waals surface area contributed by atoms with Crippen LogP contribution < -0.4 is 5.32 Å². The summed E-state index contributed by atoms with van der Waals surface area (Å²) in [6.07, 6.45) is 3.21. The van der Waals surface area contributed by atoms with Gasteiger partial charge in [0.05, 0.1) is 5.56 Å². The Morgan fingerprint density at radius 1 is 1.53 bits per heavy atom. The molecule has 1 atom stereocenters. The Morgan fingerprint density at radius 2 is 2.29 bits per heavy atom. The average molecular weight is 252 g/mol. The highest BCUT2D eigenvalue weighted by molar-refractivity contribution is 7.99. The lowest BCUT2D eigenvalue weighted by atomic mass is 10.1. The van der Waals surface area contributed by atoms with Crippen molar-refractivity contribution in [3.05, 3.63) is 35.1 Å².